The van der Waals surface area contributed by atoms with Crippen molar-refractivity contribution in [1.82, 2.24) is 9.55 Å². The molecule has 96 valence electrons. The van der Waals surface area contributed by atoms with Gasteiger partial charge >= 0.3 is 0 Å². The summed E-state index contributed by atoms with van der Waals surface area (Å²) in [7, 11) is 0. The Morgan fingerprint density at radius 2 is 1.83 bits per heavy atom. The average Bonchev–Trinajstić information content (AvgIpc) is 2.65. The number of imidazole rings is 1. The molecule has 0 saturated heterocycles. The summed E-state index contributed by atoms with van der Waals surface area (Å²) in [6.45, 7) is 5.79. The molecule has 1 aromatic heterocycles. The van der Waals surface area contributed by atoms with Gasteiger partial charge in [-0.15, -0.1) is 0 Å². The number of hydrogen-bond donors (Lipinski definition) is 1. The number of anilines is 2. The maximum atomic E-state index is 13.5. The van der Waals surface area contributed by atoms with Gasteiger partial charge in [-0.1, -0.05) is 6.07 Å². The van der Waals surface area contributed by atoms with Crippen molar-refractivity contribution in [3.63, 3.8) is 0 Å². The van der Waals surface area contributed by atoms with E-state index in [1.807, 2.05) is 31.5 Å². The van der Waals surface area contributed by atoms with E-state index in [9.17, 15) is 8.78 Å². The number of para-hydroxylation sites is 1. The zero-order valence-corrected chi connectivity index (χ0v) is 10.5. The third kappa shape index (κ3) is 2.34. The van der Waals surface area contributed by atoms with Gasteiger partial charge in [-0.25, -0.2) is 13.8 Å². The van der Waals surface area contributed by atoms with E-state index >= 15 is 0 Å². The smallest absolute Gasteiger partial charge is 0.207 e. The van der Waals surface area contributed by atoms with Crippen LogP contribution in [0, 0.1) is 18.6 Å². The molecule has 2 rings (SSSR count). The SMILES string of the molecule is Cc1cn(C(C)C)c(Nc2c(F)cccc2F)n1. The van der Waals surface area contributed by atoms with Crippen molar-refractivity contribution in [2.45, 2.75) is 26.8 Å². The van der Waals surface area contributed by atoms with Crippen LogP contribution in [0.1, 0.15) is 25.6 Å². The van der Waals surface area contributed by atoms with Gasteiger partial charge in [0.25, 0.3) is 0 Å². The number of nitrogens with one attached hydrogen (secondary N) is 1. The highest BCUT2D eigenvalue weighted by Gasteiger charge is 2.13. The van der Waals surface area contributed by atoms with Crippen molar-refractivity contribution in [3.05, 3.63) is 41.7 Å². The van der Waals surface area contributed by atoms with Gasteiger partial charge in [-0.05, 0) is 32.9 Å². The monoisotopic (exact) mass is 251 g/mol. The number of aromatic nitrogens is 2. The fourth-order valence-electron chi connectivity index (χ4n) is 1.73. The number of hydrogen-bond acceptors (Lipinski definition) is 2. The Balaban J connectivity index is 2.40. The molecule has 0 aliphatic heterocycles. The van der Waals surface area contributed by atoms with E-state index in [2.05, 4.69) is 10.3 Å². The van der Waals surface area contributed by atoms with E-state index in [0.29, 0.717) is 5.95 Å². The molecule has 0 fully saturated rings. The van der Waals surface area contributed by atoms with Crippen molar-refractivity contribution >= 4 is 11.6 Å². The summed E-state index contributed by atoms with van der Waals surface area (Å²) < 4.78 is 28.9. The molecule has 1 aromatic carbocycles. The summed E-state index contributed by atoms with van der Waals surface area (Å²) in [5, 5.41) is 2.71. The summed E-state index contributed by atoms with van der Waals surface area (Å²) in [6, 6.07) is 3.90. The van der Waals surface area contributed by atoms with Gasteiger partial charge < -0.3 is 9.88 Å². The van der Waals surface area contributed by atoms with Crippen molar-refractivity contribution in [2.75, 3.05) is 5.32 Å². The Morgan fingerprint density at radius 1 is 1.22 bits per heavy atom. The third-order valence-electron chi connectivity index (χ3n) is 2.61. The van der Waals surface area contributed by atoms with Crippen LogP contribution in [0.25, 0.3) is 0 Å². The van der Waals surface area contributed by atoms with E-state index in [1.165, 1.54) is 18.2 Å². The number of benzene rings is 1. The first-order valence-electron chi connectivity index (χ1n) is 5.75. The van der Waals surface area contributed by atoms with Gasteiger partial charge in [0.05, 0.1) is 5.69 Å². The minimum Gasteiger partial charge on any atom is -0.321 e. The Morgan fingerprint density at radius 3 is 2.39 bits per heavy atom. The third-order valence-corrected chi connectivity index (χ3v) is 2.61. The molecule has 0 saturated carbocycles. The summed E-state index contributed by atoms with van der Waals surface area (Å²) in [4.78, 5) is 4.23. The first kappa shape index (κ1) is 12.5. The normalized spacial score (nSPS) is 11.0. The van der Waals surface area contributed by atoms with Crippen LogP contribution in [0.4, 0.5) is 20.4 Å². The van der Waals surface area contributed by atoms with E-state index < -0.39 is 11.6 Å². The Bertz CT molecular complexity index is 541. The second kappa shape index (κ2) is 4.76. The fourth-order valence-corrected chi connectivity index (χ4v) is 1.73. The Kier molecular flexibility index (Phi) is 3.32. The number of nitrogens with zero attached hydrogens (tertiary/aromatic N) is 2. The van der Waals surface area contributed by atoms with Gasteiger partial charge in [0.15, 0.2) is 0 Å². The highest BCUT2D eigenvalue weighted by molar-refractivity contribution is 5.55. The molecule has 3 nitrogen and oxygen atoms in total. The van der Waals surface area contributed by atoms with Crippen LogP contribution in [0.3, 0.4) is 0 Å². The molecular formula is C13H15F2N3. The topological polar surface area (TPSA) is 29.9 Å². The first-order valence-corrected chi connectivity index (χ1v) is 5.75. The zero-order valence-electron chi connectivity index (χ0n) is 10.5. The number of halogens is 2. The Hall–Kier alpha value is -1.91. The van der Waals surface area contributed by atoms with Gasteiger partial charge in [-0.2, -0.15) is 0 Å². The van der Waals surface area contributed by atoms with E-state index in [-0.39, 0.29) is 11.7 Å². The first-order chi connectivity index (χ1) is 8.49. The molecule has 18 heavy (non-hydrogen) atoms. The van der Waals surface area contributed by atoms with Crippen molar-refractivity contribution in [3.8, 4) is 0 Å². The molecule has 1 heterocycles. The van der Waals surface area contributed by atoms with Crippen molar-refractivity contribution in [1.29, 1.82) is 0 Å². The largest absolute Gasteiger partial charge is 0.321 e. The molecule has 0 amide bonds. The molecule has 0 atom stereocenters. The van der Waals surface area contributed by atoms with Gasteiger partial charge in [0, 0.05) is 12.2 Å². The Labute approximate surface area is 104 Å². The highest BCUT2D eigenvalue weighted by atomic mass is 19.1. The standard InChI is InChI=1S/C13H15F2N3/c1-8(2)18-7-9(3)16-13(18)17-12-10(14)5-4-6-11(12)15/h4-8H,1-3H3,(H,16,17). The van der Waals surface area contributed by atoms with Crippen LogP contribution in [0.2, 0.25) is 0 Å². The second-order valence-electron chi connectivity index (χ2n) is 4.43. The zero-order chi connectivity index (χ0) is 13.3. The molecule has 5 heteroatoms. The predicted octanol–water partition coefficient (Wildman–Crippen LogP) is 3.79. The minimum atomic E-state index is -0.633. The van der Waals surface area contributed by atoms with Crippen LogP contribution < -0.4 is 5.32 Å². The van der Waals surface area contributed by atoms with Gasteiger partial charge in [0.1, 0.15) is 17.3 Å². The summed E-state index contributed by atoms with van der Waals surface area (Å²) in [5.74, 6) is -0.830. The van der Waals surface area contributed by atoms with Crippen LogP contribution in [-0.2, 0) is 0 Å². The predicted molar refractivity (Wildman–Crippen MR) is 67.0 cm³/mol. The van der Waals surface area contributed by atoms with E-state index in [1.54, 1.807) is 0 Å². The lowest BCUT2D eigenvalue weighted by Gasteiger charge is -2.13. The average molecular weight is 251 g/mol. The lowest BCUT2D eigenvalue weighted by molar-refractivity contribution is 0.584. The van der Waals surface area contributed by atoms with Crippen LogP contribution in [0.15, 0.2) is 24.4 Å². The van der Waals surface area contributed by atoms with Crippen LogP contribution >= 0.6 is 0 Å². The molecule has 0 bridgehead atoms. The van der Waals surface area contributed by atoms with Crippen molar-refractivity contribution in [2.24, 2.45) is 0 Å². The summed E-state index contributed by atoms with van der Waals surface area (Å²) in [6.07, 6.45) is 1.84. The molecular weight excluding hydrogens is 236 g/mol. The van der Waals surface area contributed by atoms with Crippen LogP contribution in [0.5, 0.6) is 0 Å². The molecule has 0 radical (unpaired) electrons. The number of aryl methyl sites for hydroxylation is 1. The summed E-state index contributed by atoms with van der Waals surface area (Å²) in [5.41, 5.74) is 0.618. The van der Waals surface area contributed by atoms with Crippen molar-refractivity contribution < 1.29 is 8.78 Å². The maximum Gasteiger partial charge on any atom is 0.207 e. The second-order valence-corrected chi connectivity index (χ2v) is 4.43. The molecule has 1 N–H and O–H groups in total. The fraction of sp³-hybridized carbons (Fsp3) is 0.308. The van der Waals surface area contributed by atoms with Gasteiger partial charge in [-0.3, -0.25) is 0 Å². The lowest BCUT2D eigenvalue weighted by Crippen LogP contribution is -2.07. The van der Waals surface area contributed by atoms with Gasteiger partial charge in [0.2, 0.25) is 5.95 Å². The maximum absolute atomic E-state index is 13.5. The van der Waals surface area contributed by atoms with E-state index in [0.717, 1.165) is 5.69 Å². The van der Waals surface area contributed by atoms with Crippen LogP contribution in [-0.4, -0.2) is 9.55 Å². The molecule has 0 aliphatic rings. The molecule has 0 unspecified atom stereocenters. The van der Waals surface area contributed by atoms with E-state index in [4.69, 9.17) is 0 Å². The lowest BCUT2D eigenvalue weighted by atomic mass is 10.3. The quantitative estimate of drug-likeness (QED) is 0.899. The minimum absolute atomic E-state index is 0.156. The number of rotatable bonds is 3. The highest BCUT2D eigenvalue weighted by Crippen LogP contribution is 2.24. The summed E-state index contributed by atoms with van der Waals surface area (Å²) >= 11 is 0. The molecule has 0 spiro atoms. The molecule has 2 aromatic rings. The molecule has 0 aliphatic carbocycles.